The van der Waals surface area contributed by atoms with E-state index in [-0.39, 0.29) is 0 Å². The van der Waals surface area contributed by atoms with Crippen LogP contribution in [-0.4, -0.2) is 18.3 Å². The summed E-state index contributed by atoms with van der Waals surface area (Å²) in [5.74, 6) is -5.70. The summed E-state index contributed by atoms with van der Waals surface area (Å²) in [4.78, 5) is 0. The Morgan fingerprint density at radius 2 is 1.00 bits per heavy atom. The molecule has 0 aliphatic carbocycles. The van der Waals surface area contributed by atoms with E-state index in [1.54, 1.807) is 0 Å². The normalized spacial score (nSPS) is 15.0. The molecule has 0 saturated heterocycles. The summed E-state index contributed by atoms with van der Waals surface area (Å²) in [5, 5.41) is 0. The first-order valence-electron chi connectivity index (χ1n) is 2.47. The van der Waals surface area contributed by atoms with Gasteiger partial charge in [-0.25, -0.2) is 0 Å². The molecule has 0 aromatic carbocycles. The van der Waals surface area contributed by atoms with Gasteiger partial charge in [0.15, 0.2) is 0 Å². The van der Waals surface area contributed by atoms with Crippen molar-refractivity contribution in [2.45, 2.75) is 24.7 Å². The quantitative estimate of drug-likeness (QED) is 0.573. The van der Waals surface area contributed by atoms with Crippen molar-refractivity contribution in [1.29, 1.82) is 0 Å². The molecule has 0 aromatic rings. The van der Waals surface area contributed by atoms with E-state index in [1.807, 2.05) is 0 Å². The zero-order chi connectivity index (χ0) is 10.2. The summed E-state index contributed by atoms with van der Waals surface area (Å²) < 4.78 is 89.8. The number of hydrogen-bond acceptors (Lipinski definition) is 0. The van der Waals surface area contributed by atoms with Crippen LogP contribution < -0.4 is 0 Å². The highest BCUT2D eigenvalue weighted by Crippen LogP contribution is 2.42. The SMILES string of the molecule is FC(F)(F)CC(F)(F)C(F)(F)F. The molecule has 0 fully saturated rings. The number of halogens is 8. The summed E-state index contributed by atoms with van der Waals surface area (Å²) in [5.41, 5.74) is 0. The van der Waals surface area contributed by atoms with Crippen molar-refractivity contribution in [3.05, 3.63) is 0 Å². The van der Waals surface area contributed by atoms with Crippen molar-refractivity contribution in [2.75, 3.05) is 0 Å². The second-order valence-corrected chi connectivity index (χ2v) is 1.99. The molecule has 0 atom stereocenters. The minimum Gasteiger partial charge on any atom is -0.196 e. The number of alkyl halides is 8. The predicted molar refractivity (Wildman–Crippen MR) is 21.7 cm³/mol. The van der Waals surface area contributed by atoms with Crippen LogP contribution in [0.5, 0.6) is 0 Å². The lowest BCUT2D eigenvalue weighted by Gasteiger charge is -2.20. The first-order chi connectivity index (χ1) is 4.96. The highest BCUT2D eigenvalue weighted by atomic mass is 19.4. The molecular weight excluding hydrogens is 200 g/mol. The second-order valence-electron chi connectivity index (χ2n) is 1.99. The molecule has 0 N–H and O–H groups in total. The van der Waals surface area contributed by atoms with E-state index in [4.69, 9.17) is 0 Å². The smallest absolute Gasteiger partial charge is 0.196 e. The Morgan fingerprint density at radius 3 is 1.08 bits per heavy atom. The maximum Gasteiger partial charge on any atom is 0.453 e. The van der Waals surface area contributed by atoms with E-state index in [2.05, 4.69) is 0 Å². The molecule has 0 rings (SSSR count). The van der Waals surface area contributed by atoms with E-state index in [1.165, 1.54) is 0 Å². The molecule has 0 amide bonds. The second kappa shape index (κ2) is 2.74. The molecule has 0 nitrogen and oxygen atoms in total. The molecule has 0 saturated carbocycles. The molecule has 0 aliphatic rings. The van der Waals surface area contributed by atoms with E-state index < -0.39 is 24.7 Å². The molecule has 0 heterocycles. The Balaban J connectivity index is 4.44. The van der Waals surface area contributed by atoms with E-state index >= 15 is 0 Å². The molecule has 0 spiro atoms. The van der Waals surface area contributed by atoms with Gasteiger partial charge in [-0.05, 0) is 0 Å². The first kappa shape index (κ1) is 11.4. The van der Waals surface area contributed by atoms with Crippen LogP contribution in [0.15, 0.2) is 0 Å². The highest BCUT2D eigenvalue weighted by Gasteiger charge is 2.62. The van der Waals surface area contributed by atoms with Crippen molar-refractivity contribution in [3.63, 3.8) is 0 Å². The van der Waals surface area contributed by atoms with E-state index in [0.29, 0.717) is 0 Å². The molecule has 8 heteroatoms. The Kier molecular flexibility index (Phi) is 2.61. The van der Waals surface area contributed by atoms with Gasteiger partial charge < -0.3 is 0 Å². The van der Waals surface area contributed by atoms with Crippen molar-refractivity contribution in [1.82, 2.24) is 0 Å². The largest absolute Gasteiger partial charge is 0.453 e. The zero-order valence-electron chi connectivity index (χ0n) is 5.23. The van der Waals surface area contributed by atoms with Crippen LogP contribution in [0.25, 0.3) is 0 Å². The van der Waals surface area contributed by atoms with Crippen LogP contribution in [0.1, 0.15) is 6.42 Å². The lowest BCUT2D eigenvalue weighted by molar-refractivity contribution is -0.313. The summed E-state index contributed by atoms with van der Waals surface area (Å²) in [6.07, 6.45) is -14.9. The first-order valence-corrected chi connectivity index (χ1v) is 2.47. The lowest BCUT2D eigenvalue weighted by Crippen LogP contribution is -2.40. The van der Waals surface area contributed by atoms with Crippen LogP contribution in [0.2, 0.25) is 0 Å². The van der Waals surface area contributed by atoms with Gasteiger partial charge in [0.1, 0.15) is 6.42 Å². The Hall–Kier alpha value is -0.560. The van der Waals surface area contributed by atoms with Crippen LogP contribution >= 0.6 is 0 Å². The zero-order valence-corrected chi connectivity index (χ0v) is 5.23. The third-order valence-corrected chi connectivity index (χ3v) is 0.837. The van der Waals surface area contributed by atoms with Gasteiger partial charge in [0.05, 0.1) is 0 Å². The van der Waals surface area contributed by atoms with Gasteiger partial charge in [-0.15, -0.1) is 0 Å². The van der Waals surface area contributed by atoms with Gasteiger partial charge in [0.2, 0.25) is 0 Å². The van der Waals surface area contributed by atoms with Gasteiger partial charge in [-0.2, -0.15) is 35.1 Å². The lowest BCUT2D eigenvalue weighted by atomic mass is 10.2. The van der Waals surface area contributed by atoms with Crippen molar-refractivity contribution >= 4 is 0 Å². The third-order valence-electron chi connectivity index (χ3n) is 0.837. The summed E-state index contributed by atoms with van der Waals surface area (Å²) in [7, 11) is 0. The average molecular weight is 202 g/mol. The maximum absolute atomic E-state index is 11.6. The molecule has 12 heavy (non-hydrogen) atoms. The highest BCUT2D eigenvalue weighted by molar-refractivity contribution is 4.78. The summed E-state index contributed by atoms with van der Waals surface area (Å²) in [6, 6.07) is 0. The molecular formula is C4H2F8. The minimum atomic E-state index is -6.15. The Bertz CT molecular complexity index is 149. The van der Waals surface area contributed by atoms with Crippen LogP contribution in [0.4, 0.5) is 35.1 Å². The van der Waals surface area contributed by atoms with E-state index in [9.17, 15) is 35.1 Å². The number of rotatable bonds is 1. The van der Waals surface area contributed by atoms with E-state index in [0.717, 1.165) is 0 Å². The maximum atomic E-state index is 11.6. The van der Waals surface area contributed by atoms with Gasteiger partial charge >= 0.3 is 18.3 Å². The summed E-state index contributed by atoms with van der Waals surface area (Å²) in [6.45, 7) is 0. The van der Waals surface area contributed by atoms with Crippen LogP contribution in [0, 0.1) is 0 Å². The van der Waals surface area contributed by atoms with Gasteiger partial charge in [0.25, 0.3) is 0 Å². The third kappa shape index (κ3) is 3.22. The molecule has 0 aliphatic heterocycles. The Labute approximate surface area is 61.2 Å². The molecule has 74 valence electrons. The predicted octanol–water partition coefficient (Wildman–Crippen LogP) is 3.14. The topological polar surface area (TPSA) is 0 Å². The van der Waals surface area contributed by atoms with Crippen molar-refractivity contribution < 1.29 is 35.1 Å². The van der Waals surface area contributed by atoms with Crippen molar-refractivity contribution in [3.8, 4) is 0 Å². The van der Waals surface area contributed by atoms with Crippen molar-refractivity contribution in [2.24, 2.45) is 0 Å². The van der Waals surface area contributed by atoms with Gasteiger partial charge in [-0.3, -0.25) is 0 Å². The summed E-state index contributed by atoms with van der Waals surface area (Å²) >= 11 is 0. The number of hydrogen-bond donors (Lipinski definition) is 0. The fraction of sp³-hybridized carbons (Fsp3) is 1.00. The fourth-order valence-electron chi connectivity index (χ4n) is 0.352. The van der Waals surface area contributed by atoms with Crippen LogP contribution in [-0.2, 0) is 0 Å². The molecule has 0 radical (unpaired) electrons. The average Bonchev–Trinajstić information content (AvgIpc) is 1.52. The van der Waals surface area contributed by atoms with Gasteiger partial charge in [0, 0.05) is 0 Å². The minimum absolute atomic E-state index is 3.18. The fourth-order valence-corrected chi connectivity index (χ4v) is 0.352. The molecule has 0 aromatic heterocycles. The molecule has 0 bridgehead atoms. The molecule has 0 unspecified atom stereocenters. The Morgan fingerprint density at radius 1 is 0.667 bits per heavy atom. The van der Waals surface area contributed by atoms with Crippen LogP contribution in [0.3, 0.4) is 0 Å². The van der Waals surface area contributed by atoms with Gasteiger partial charge in [-0.1, -0.05) is 0 Å². The standard InChI is InChI=1S/C4H2F8/c5-2(6,4(10,11)12)1-3(7,8)9/h1H2. The monoisotopic (exact) mass is 202 g/mol.